The summed E-state index contributed by atoms with van der Waals surface area (Å²) in [4.78, 5) is 12.0. The quantitative estimate of drug-likeness (QED) is 0.462. The van der Waals surface area contributed by atoms with E-state index in [4.69, 9.17) is 4.74 Å². The molecule has 2 saturated carbocycles. The third kappa shape index (κ3) is 2.56. The van der Waals surface area contributed by atoms with Crippen LogP contribution in [0.5, 0.6) is 5.75 Å². The lowest BCUT2D eigenvalue weighted by Crippen LogP contribution is -2.55. The summed E-state index contributed by atoms with van der Waals surface area (Å²) in [6.07, 6.45) is 5.09. The molecule has 0 saturated heterocycles. The lowest BCUT2D eigenvalue weighted by atomic mass is 9.63. The minimum absolute atomic E-state index is 0.101. The van der Waals surface area contributed by atoms with Crippen LogP contribution < -0.4 is 4.74 Å². The lowest BCUT2D eigenvalue weighted by Gasteiger charge is -2.45. The van der Waals surface area contributed by atoms with Crippen molar-refractivity contribution >= 4 is 73.6 Å². The van der Waals surface area contributed by atoms with Crippen LogP contribution in [-0.4, -0.2) is 11.9 Å². The molecule has 19 heavy (non-hydrogen) atoms. The van der Waals surface area contributed by atoms with E-state index >= 15 is 0 Å². The van der Waals surface area contributed by atoms with Crippen molar-refractivity contribution in [3.05, 3.63) is 22.8 Å². The van der Waals surface area contributed by atoms with Crippen molar-refractivity contribution in [3.8, 4) is 5.75 Å². The van der Waals surface area contributed by atoms with E-state index in [-0.39, 0.29) is 11.5 Å². The molecule has 2 aliphatic rings. The van der Waals surface area contributed by atoms with E-state index in [2.05, 4.69) is 79.9 Å². The molecule has 0 radical (unpaired) electrons. The van der Waals surface area contributed by atoms with E-state index in [0.29, 0.717) is 12.2 Å². The fourth-order valence-electron chi connectivity index (χ4n) is 3.16. The summed E-state index contributed by atoms with van der Waals surface area (Å²) in [5, 5.41) is 0. The van der Waals surface area contributed by atoms with Crippen LogP contribution in [0.4, 0.5) is 0 Å². The Hall–Kier alpha value is 0.880. The second-order valence-electron chi connectivity index (χ2n) is 5.30. The van der Waals surface area contributed by atoms with Crippen LogP contribution in [0.15, 0.2) is 12.1 Å². The number of rotatable bonds is 2. The van der Waals surface area contributed by atoms with Crippen LogP contribution in [-0.2, 0) is 4.79 Å². The first-order valence-electron chi connectivity index (χ1n) is 6.37. The van der Waals surface area contributed by atoms with Crippen LogP contribution in [0.3, 0.4) is 0 Å². The van der Waals surface area contributed by atoms with Gasteiger partial charge in [-0.15, -0.1) is 0 Å². The molecule has 1 unspecified atom stereocenters. The molecule has 3 rings (SSSR count). The smallest absolute Gasteiger partial charge is 0.146 e. The second-order valence-corrected chi connectivity index (χ2v) is 8.87. The predicted octanol–water partition coefficient (Wildman–Crippen LogP) is 4.78. The number of Topliss-reactive ketones (excluding diaryl/α,β-unsaturated/α-hetero) is 1. The van der Waals surface area contributed by atoms with Gasteiger partial charge in [-0.25, -0.2) is 0 Å². The Kier molecular flexibility index (Phi) is 4.35. The molecule has 2 fully saturated rings. The molecule has 0 heterocycles. The second kappa shape index (κ2) is 5.58. The van der Waals surface area contributed by atoms with Crippen molar-refractivity contribution in [3.63, 3.8) is 0 Å². The normalized spacial score (nSPS) is 24.6. The van der Waals surface area contributed by atoms with Gasteiger partial charge in [-0.1, -0.05) is 12.8 Å². The zero-order valence-electron chi connectivity index (χ0n) is 10.2. The summed E-state index contributed by atoms with van der Waals surface area (Å²) in [7, 11) is 0. The highest BCUT2D eigenvalue weighted by Crippen LogP contribution is 2.52. The average Bonchev–Trinajstić information content (AvgIpc) is 2.84. The van der Waals surface area contributed by atoms with Crippen LogP contribution in [0.25, 0.3) is 0 Å². The van der Waals surface area contributed by atoms with Gasteiger partial charge in [0.15, 0.2) is 0 Å². The van der Waals surface area contributed by atoms with Crippen molar-refractivity contribution in [2.24, 2.45) is 5.41 Å². The largest absolute Gasteiger partial charge is 0.487 e. The van der Waals surface area contributed by atoms with E-state index in [1.807, 2.05) is 0 Å². The highest BCUT2D eigenvalue weighted by Gasteiger charge is 2.57. The maximum absolute atomic E-state index is 12.0. The Morgan fingerprint density at radius 3 is 2.21 bits per heavy atom. The number of ketones is 1. The molecule has 102 valence electrons. The number of halogens is 3. The summed E-state index contributed by atoms with van der Waals surface area (Å²) in [5.41, 5.74) is -0.144. The number of carbonyl (C=O) groups is 1. The van der Waals surface area contributed by atoms with Gasteiger partial charge in [0.25, 0.3) is 0 Å². The summed E-state index contributed by atoms with van der Waals surface area (Å²) in [5.74, 6) is 1.39. The van der Waals surface area contributed by atoms with Gasteiger partial charge < -0.3 is 4.74 Å². The van der Waals surface area contributed by atoms with E-state index in [1.54, 1.807) is 0 Å². The zero-order valence-corrected chi connectivity index (χ0v) is 16.7. The Bertz CT molecular complexity index is 512. The molecule has 0 bridgehead atoms. The Morgan fingerprint density at radius 2 is 1.68 bits per heavy atom. The SMILES string of the molecule is O=C1CC(Oc2c(I)cc(I)cc2I)C12CCCC2. The summed E-state index contributed by atoms with van der Waals surface area (Å²) >= 11 is 6.97. The maximum Gasteiger partial charge on any atom is 0.146 e. The molecular weight excluding hydrogens is 581 g/mol. The molecule has 2 nitrogen and oxygen atoms in total. The Balaban J connectivity index is 1.85. The third-order valence-electron chi connectivity index (χ3n) is 4.26. The average molecular weight is 594 g/mol. The van der Waals surface area contributed by atoms with Gasteiger partial charge in [0.1, 0.15) is 17.6 Å². The van der Waals surface area contributed by atoms with E-state index in [1.165, 1.54) is 16.4 Å². The predicted molar refractivity (Wildman–Crippen MR) is 99.5 cm³/mol. The fraction of sp³-hybridized carbons (Fsp3) is 0.500. The lowest BCUT2D eigenvalue weighted by molar-refractivity contribution is -0.151. The van der Waals surface area contributed by atoms with Crippen molar-refractivity contribution in [2.45, 2.75) is 38.2 Å². The molecule has 0 aromatic heterocycles. The maximum atomic E-state index is 12.0. The molecule has 1 atom stereocenters. The van der Waals surface area contributed by atoms with Gasteiger partial charge in [-0.3, -0.25) is 4.79 Å². The van der Waals surface area contributed by atoms with Crippen LogP contribution in [0.2, 0.25) is 0 Å². The number of hydrogen-bond acceptors (Lipinski definition) is 2. The highest BCUT2D eigenvalue weighted by atomic mass is 127. The van der Waals surface area contributed by atoms with Crippen molar-refractivity contribution in [1.82, 2.24) is 0 Å². The standard InChI is InChI=1S/C14H13I3O2/c15-8-5-9(16)13(10(17)6-8)19-12-7-11(18)14(12)3-1-2-4-14/h5-6,12H,1-4,7H2. The van der Waals surface area contributed by atoms with Gasteiger partial charge in [0.05, 0.1) is 12.6 Å². The van der Waals surface area contributed by atoms with Crippen LogP contribution in [0, 0.1) is 16.1 Å². The summed E-state index contributed by atoms with van der Waals surface area (Å²) < 4.78 is 9.74. The van der Waals surface area contributed by atoms with Crippen molar-refractivity contribution in [2.75, 3.05) is 0 Å². The van der Waals surface area contributed by atoms with Gasteiger partial charge in [-0.2, -0.15) is 0 Å². The zero-order chi connectivity index (χ0) is 13.6. The topological polar surface area (TPSA) is 26.3 Å². The minimum atomic E-state index is -0.144. The molecule has 2 aliphatic carbocycles. The first-order valence-corrected chi connectivity index (χ1v) is 9.61. The van der Waals surface area contributed by atoms with E-state index in [9.17, 15) is 4.79 Å². The van der Waals surface area contributed by atoms with E-state index < -0.39 is 0 Å². The number of ether oxygens (including phenoxy) is 1. The monoisotopic (exact) mass is 594 g/mol. The molecule has 0 amide bonds. The van der Waals surface area contributed by atoms with Gasteiger partial charge in [-0.05, 0) is 92.7 Å². The van der Waals surface area contributed by atoms with Crippen LogP contribution in [0.1, 0.15) is 32.1 Å². The molecule has 0 N–H and O–H groups in total. The summed E-state index contributed by atoms with van der Waals surface area (Å²) in [6.45, 7) is 0. The first kappa shape index (κ1) is 14.8. The molecule has 5 heteroatoms. The Labute approximate surface area is 153 Å². The van der Waals surface area contributed by atoms with Crippen LogP contribution >= 0.6 is 67.8 Å². The molecular formula is C14H13I3O2. The van der Waals surface area contributed by atoms with Crippen molar-refractivity contribution < 1.29 is 9.53 Å². The number of carbonyl (C=O) groups excluding carboxylic acids is 1. The van der Waals surface area contributed by atoms with Gasteiger partial charge >= 0.3 is 0 Å². The molecule has 1 aromatic carbocycles. The Morgan fingerprint density at radius 1 is 1.11 bits per heavy atom. The molecule has 0 aliphatic heterocycles. The number of hydrogen-bond donors (Lipinski definition) is 0. The fourth-order valence-corrected chi connectivity index (χ4v) is 7.00. The van der Waals surface area contributed by atoms with E-state index in [0.717, 1.165) is 25.7 Å². The first-order chi connectivity index (χ1) is 9.03. The third-order valence-corrected chi connectivity index (χ3v) is 6.49. The van der Waals surface area contributed by atoms with Gasteiger partial charge in [0, 0.05) is 9.99 Å². The highest BCUT2D eigenvalue weighted by molar-refractivity contribution is 14.1. The minimum Gasteiger partial charge on any atom is -0.487 e. The molecule has 1 spiro atoms. The number of benzene rings is 1. The van der Waals surface area contributed by atoms with Crippen molar-refractivity contribution in [1.29, 1.82) is 0 Å². The molecule has 1 aromatic rings. The summed E-state index contributed by atoms with van der Waals surface area (Å²) in [6, 6.07) is 4.25. The van der Waals surface area contributed by atoms with Gasteiger partial charge in [0.2, 0.25) is 0 Å².